The van der Waals surface area contributed by atoms with Crippen molar-refractivity contribution in [3.63, 3.8) is 0 Å². The molecule has 1 aromatic carbocycles. The molecule has 160 valence electrons. The molecule has 7 nitrogen and oxygen atoms in total. The van der Waals surface area contributed by atoms with Gasteiger partial charge in [0.1, 0.15) is 22.3 Å². The molecule has 0 radical (unpaired) electrons. The van der Waals surface area contributed by atoms with E-state index in [1.54, 1.807) is 13.8 Å². The minimum atomic E-state index is -0.653. The first-order chi connectivity index (χ1) is 14.4. The number of nitrogens with one attached hydrogen (secondary N) is 1. The second kappa shape index (κ2) is 11.2. The van der Waals surface area contributed by atoms with Crippen molar-refractivity contribution in [3.05, 3.63) is 57.7 Å². The highest BCUT2D eigenvalue weighted by atomic mass is 32.1. The van der Waals surface area contributed by atoms with Crippen molar-refractivity contribution >= 4 is 40.3 Å². The number of rotatable bonds is 9. The third-order valence-corrected chi connectivity index (χ3v) is 5.05. The molecule has 0 aliphatic heterocycles. The number of esters is 2. The van der Waals surface area contributed by atoms with E-state index in [1.807, 2.05) is 0 Å². The number of methoxy groups -OCH3 is 1. The summed E-state index contributed by atoms with van der Waals surface area (Å²) in [5, 5.41) is 2.78. The number of carbonyl (C=O) groups excluding carboxylic acids is 3. The number of ether oxygens (including phenoxy) is 3. The highest BCUT2D eigenvalue weighted by molar-refractivity contribution is 7.18. The van der Waals surface area contributed by atoms with Gasteiger partial charge >= 0.3 is 11.9 Å². The quantitative estimate of drug-likeness (QED) is 0.366. The summed E-state index contributed by atoms with van der Waals surface area (Å²) in [6.07, 6.45) is 2.74. The molecule has 1 aromatic heterocycles. The van der Waals surface area contributed by atoms with Gasteiger partial charge < -0.3 is 19.5 Å². The molecule has 1 amide bonds. The molecule has 0 saturated carbocycles. The molecule has 0 fully saturated rings. The largest absolute Gasteiger partial charge is 0.462 e. The maximum absolute atomic E-state index is 13.0. The molecule has 30 heavy (non-hydrogen) atoms. The fraction of sp³-hybridized carbons (Fsp3) is 0.286. The highest BCUT2D eigenvalue weighted by Crippen LogP contribution is 2.34. The average Bonchev–Trinajstić information content (AvgIpc) is 3.03. The fourth-order valence-corrected chi connectivity index (χ4v) is 3.52. The molecule has 2 rings (SSSR count). The van der Waals surface area contributed by atoms with Crippen LogP contribution in [0, 0.1) is 12.7 Å². The van der Waals surface area contributed by atoms with E-state index in [0.717, 1.165) is 11.3 Å². The zero-order valence-electron chi connectivity index (χ0n) is 16.8. The molecule has 0 aliphatic carbocycles. The van der Waals surface area contributed by atoms with Gasteiger partial charge in [0.25, 0.3) is 0 Å². The molecule has 9 heteroatoms. The van der Waals surface area contributed by atoms with Crippen LogP contribution in [0.3, 0.4) is 0 Å². The predicted octanol–water partition coefficient (Wildman–Crippen LogP) is 3.83. The zero-order chi connectivity index (χ0) is 22.1. The summed E-state index contributed by atoms with van der Waals surface area (Å²) in [4.78, 5) is 37.2. The minimum absolute atomic E-state index is 0.0590. The topological polar surface area (TPSA) is 90.9 Å². The van der Waals surface area contributed by atoms with Gasteiger partial charge in [-0.3, -0.25) is 4.79 Å². The van der Waals surface area contributed by atoms with Crippen molar-refractivity contribution < 1.29 is 33.0 Å². The molecule has 0 spiro atoms. The summed E-state index contributed by atoms with van der Waals surface area (Å²) in [6.45, 7) is 3.67. The zero-order valence-corrected chi connectivity index (χ0v) is 17.6. The molecular weight excluding hydrogens is 413 g/mol. The fourth-order valence-electron chi connectivity index (χ4n) is 2.43. The molecule has 0 unspecified atom stereocenters. The Morgan fingerprint density at radius 2 is 1.80 bits per heavy atom. The molecule has 1 heterocycles. The minimum Gasteiger partial charge on any atom is -0.462 e. The van der Waals surface area contributed by atoms with Crippen molar-refractivity contribution in [3.8, 4) is 0 Å². The predicted molar refractivity (Wildman–Crippen MR) is 111 cm³/mol. The van der Waals surface area contributed by atoms with Crippen molar-refractivity contribution in [2.45, 2.75) is 13.8 Å². The van der Waals surface area contributed by atoms with Crippen molar-refractivity contribution in [1.29, 1.82) is 0 Å². The van der Waals surface area contributed by atoms with E-state index in [-0.39, 0.29) is 41.1 Å². The second-order valence-corrected chi connectivity index (χ2v) is 7.00. The van der Waals surface area contributed by atoms with Gasteiger partial charge in [0.2, 0.25) is 5.91 Å². The van der Waals surface area contributed by atoms with E-state index >= 15 is 0 Å². The number of thiophene rings is 1. The van der Waals surface area contributed by atoms with E-state index in [4.69, 9.17) is 14.2 Å². The Labute approximate surface area is 177 Å². The van der Waals surface area contributed by atoms with Gasteiger partial charge in [-0.25, -0.2) is 14.0 Å². The maximum atomic E-state index is 13.0. The summed E-state index contributed by atoms with van der Waals surface area (Å²) in [7, 11) is 1.48. The standard InChI is InChI=1S/C21H22FNO6S/c1-4-28-20(25)17-13(2)18(21(26)29-12-11-27-3)30-19(17)23-16(24)10-7-14-5-8-15(22)9-6-14/h5-10H,4,11-12H2,1-3H3,(H,23,24)/b10-7+. The Bertz CT molecular complexity index is 936. The molecule has 2 aromatic rings. The smallest absolute Gasteiger partial charge is 0.348 e. The number of benzene rings is 1. The van der Waals surface area contributed by atoms with Crippen LogP contribution in [0.4, 0.5) is 9.39 Å². The van der Waals surface area contributed by atoms with E-state index in [1.165, 1.54) is 43.5 Å². The van der Waals surface area contributed by atoms with E-state index in [2.05, 4.69) is 5.32 Å². The first-order valence-electron chi connectivity index (χ1n) is 9.08. The SMILES string of the molecule is CCOC(=O)c1c(NC(=O)/C=C/c2ccc(F)cc2)sc(C(=O)OCCOC)c1C. The summed E-state index contributed by atoms with van der Waals surface area (Å²) in [6, 6.07) is 5.60. The first-order valence-corrected chi connectivity index (χ1v) is 9.90. The van der Waals surface area contributed by atoms with Gasteiger partial charge in [-0.15, -0.1) is 11.3 Å². The van der Waals surface area contributed by atoms with Crippen LogP contribution in [0.1, 0.15) is 38.1 Å². The molecular formula is C21H22FNO6S. The maximum Gasteiger partial charge on any atom is 0.348 e. The normalized spacial score (nSPS) is 10.8. The molecule has 0 saturated heterocycles. The number of hydrogen-bond donors (Lipinski definition) is 1. The number of anilines is 1. The summed E-state index contributed by atoms with van der Waals surface area (Å²) in [5.74, 6) is -2.18. The molecule has 0 aliphatic rings. The van der Waals surface area contributed by atoms with Gasteiger partial charge in [0, 0.05) is 13.2 Å². The monoisotopic (exact) mass is 435 g/mol. The van der Waals surface area contributed by atoms with Crippen LogP contribution >= 0.6 is 11.3 Å². The van der Waals surface area contributed by atoms with Crippen LogP contribution in [0.2, 0.25) is 0 Å². The van der Waals surface area contributed by atoms with Crippen LogP contribution < -0.4 is 5.32 Å². The number of halogens is 1. The van der Waals surface area contributed by atoms with Crippen LogP contribution in [-0.2, 0) is 19.0 Å². The average molecular weight is 435 g/mol. The third kappa shape index (κ3) is 6.23. The van der Waals surface area contributed by atoms with Gasteiger partial charge in [0.15, 0.2) is 0 Å². The number of carbonyl (C=O) groups is 3. The van der Waals surface area contributed by atoms with E-state index < -0.39 is 17.8 Å². The van der Waals surface area contributed by atoms with Crippen molar-refractivity contribution in [2.24, 2.45) is 0 Å². The number of amides is 1. The summed E-state index contributed by atoms with van der Waals surface area (Å²) >= 11 is 0.927. The Balaban J connectivity index is 2.24. The molecule has 0 atom stereocenters. The van der Waals surface area contributed by atoms with E-state index in [9.17, 15) is 18.8 Å². The lowest BCUT2D eigenvalue weighted by molar-refractivity contribution is -0.111. The Morgan fingerprint density at radius 3 is 2.43 bits per heavy atom. The van der Waals surface area contributed by atoms with Crippen molar-refractivity contribution in [1.82, 2.24) is 0 Å². The van der Waals surface area contributed by atoms with Gasteiger partial charge in [-0.2, -0.15) is 0 Å². The summed E-state index contributed by atoms with van der Waals surface area (Å²) < 4.78 is 28.0. The molecule has 1 N–H and O–H groups in total. The lowest BCUT2D eigenvalue weighted by atomic mass is 10.1. The molecule has 0 bridgehead atoms. The van der Waals surface area contributed by atoms with Crippen LogP contribution in [0.25, 0.3) is 6.08 Å². The van der Waals surface area contributed by atoms with Crippen molar-refractivity contribution in [2.75, 3.05) is 32.2 Å². The van der Waals surface area contributed by atoms with Crippen LogP contribution in [0.15, 0.2) is 30.3 Å². The Morgan fingerprint density at radius 1 is 1.10 bits per heavy atom. The van der Waals surface area contributed by atoms with Crippen LogP contribution in [0.5, 0.6) is 0 Å². The van der Waals surface area contributed by atoms with E-state index in [0.29, 0.717) is 11.1 Å². The Kier molecular flexibility index (Phi) is 8.70. The van der Waals surface area contributed by atoms with Gasteiger partial charge in [-0.05, 0) is 43.2 Å². The number of hydrogen-bond acceptors (Lipinski definition) is 7. The first kappa shape index (κ1) is 23.2. The third-order valence-electron chi connectivity index (χ3n) is 3.87. The van der Waals surface area contributed by atoms with Gasteiger partial charge in [0.05, 0.1) is 18.8 Å². The summed E-state index contributed by atoms with van der Waals surface area (Å²) in [5.41, 5.74) is 1.09. The lowest BCUT2D eigenvalue weighted by Crippen LogP contribution is -2.13. The van der Waals surface area contributed by atoms with Gasteiger partial charge in [-0.1, -0.05) is 12.1 Å². The highest BCUT2D eigenvalue weighted by Gasteiger charge is 2.27. The lowest BCUT2D eigenvalue weighted by Gasteiger charge is -2.05. The van der Waals surface area contributed by atoms with Crippen LogP contribution in [-0.4, -0.2) is 44.8 Å². The Hall–Kier alpha value is -3.04. The second-order valence-electron chi connectivity index (χ2n) is 5.98.